The minimum Gasteiger partial charge on any atom is -0.480 e. The summed E-state index contributed by atoms with van der Waals surface area (Å²) in [6, 6.07) is -1.57. The first kappa shape index (κ1) is 14.1. The number of aliphatic hydroxyl groups excluding tert-OH is 1. The minimum absolute atomic E-state index is 0.0328. The highest BCUT2D eigenvalue weighted by molar-refractivity contribution is 5.86. The maximum Gasteiger partial charge on any atom is 0.326 e. The lowest BCUT2D eigenvalue weighted by Crippen LogP contribution is -2.55. The van der Waals surface area contributed by atoms with Crippen LogP contribution in [0.1, 0.15) is 19.3 Å². The van der Waals surface area contributed by atoms with Crippen LogP contribution < -0.4 is 5.32 Å². The molecule has 3 N–H and O–H groups in total. The first-order valence-corrected chi connectivity index (χ1v) is 7.25. The molecule has 0 bridgehead atoms. The van der Waals surface area contributed by atoms with Crippen LogP contribution in [0.5, 0.6) is 0 Å². The van der Waals surface area contributed by atoms with Crippen molar-refractivity contribution in [2.75, 3.05) is 19.6 Å². The molecular formula is C13H19N3O5. The number of fused-ring (bicyclic) bond motifs is 1. The number of hydrogen-bond acceptors (Lipinski definition) is 4. The lowest BCUT2D eigenvalue weighted by Gasteiger charge is -2.39. The van der Waals surface area contributed by atoms with Gasteiger partial charge in [0.15, 0.2) is 0 Å². The summed E-state index contributed by atoms with van der Waals surface area (Å²) >= 11 is 0. The number of urea groups is 1. The number of piperidine rings is 1. The van der Waals surface area contributed by atoms with Crippen LogP contribution in [0.4, 0.5) is 4.79 Å². The van der Waals surface area contributed by atoms with Gasteiger partial charge in [0.2, 0.25) is 5.91 Å². The largest absolute Gasteiger partial charge is 0.480 e. The van der Waals surface area contributed by atoms with Crippen molar-refractivity contribution in [1.82, 2.24) is 15.1 Å². The van der Waals surface area contributed by atoms with Crippen LogP contribution >= 0.6 is 0 Å². The van der Waals surface area contributed by atoms with Gasteiger partial charge in [0, 0.05) is 26.1 Å². The normalized spacial score (nSPS) is 35.6. The van der Waals surface area contributed by atoms with Gasteiger partial charge in [0.1, 0.15) is 6.04 Å². The Morgan fingerprint density at radius 1 is 1.29 bits per heavy atom. The molecule has 3 aliphatic heterocycles. The van der Waals surface area contributed by atoms with Gasteiger partial charge < -0.3 is 25.3 Å². The molecule has 0 aromatic rings. The molecule has 4 unspecified atom stereocenters. The quantitative estimate of drug-likeness (QED) is 0.565. The standard InChI is InChI=1S/C13H19N3O5/c17-7-4-9(12(19)20)16(6-7)13(21)15-3-1-2-8-10(15)5-14-11(8)18/h7-10,17H,1-6H2,(H,14,18)(H,19,20). The van der Waals surface area contributed by atoms with Crippen molar-refractivity contribution >= 4 is 17.9 Å². The second-order valence-corrected chi connectivity index (χ2v) is 5.93. The van der Waals surface area contributed by atoms with Gasteiger partial charge in [0.05, 0.1) is 18.1 Å². The van der Waals surface area contributed by atoms with Crippen molar-refractivity contribution < 1.29 is 24.6 Å². The average molecular weight is 297 g/mol. The Morgan fingerprint density at radius 2 is 2.05 bits per heavy atom. The highest BCUT2D eigenvalue weighted by Crippen LogP contribution is 2.30. The number of carbonyl (C=O) groups excluding carboxylic acids is 2. The van der Waals surface area contributed by atoms with Crippen molar-refractivity contribution in [3.05, 3.63) is 0 Å². The number of amides is 3. The summed E-state index contributed by atoms with van der Waals surface area (Å²) in [7, 11) is 0. The zero-order valence-corrected chi connectivity index (χ0v) is 11.6. The summed E-state index contributed by atoms with van der Waals surface area (Å²) in [6.07, 6.45) is 0.735. The van der Waals surface area contributed by atoms with Crippen LogP contribution in [0, 0.1) is 5.92 Å². The zero-order chi connectivity index (χ0) is 15.1. The number of carboxylic acid groups (broad SMARTS) is 1. The Hall–Kier alpha value is -1.83. The molecule has 116 valence electrons. The minimum atomic E-state index is -1.10. The first-order chi connectivity index (χ1) is 9.99. The van der Waals surface area contributed by atoms with E-state index in [2.05, 4.69) is 5.32 Å². The second kappa shape index (κ2) is 5.18. The third kappa shape index (κ3) is 2.33. The molecule has 8 nitrogen and oxygen atoms in total. The van der Waals surface area contributed by atoms with Crippen molar-refractivity contribution in [2.24, 2.45) is 5.92 Å². The van der Waals surface area contributed by atoms with E-state index >= 15 is 0 Å². The molecule has 3 saturated heterocycles. The van der Waals surface area contributed by atoms with Crippen LogP contribution in [-0.2, 0) is 9.59 Å². The van der Waals surface area contributed by atoms with Crippen molar-refractivity contribution in [2.45, 2.75) is 37.5 Å². The monoisotopic (exact) mass is 297 g/mol. The van der Waals surface area contributed by atoms with Crippen molar-refractivity contribution in [1.29, 1.82) is 0 Å². The molecule has 0 radical (unpaired) electrons. The van der Waals surface area contributed by atoms with Crippen LogP contribution in [0.2, 0.25) is 0 Å². The Balaban J connectivity index is 1.78. The fraction of sp³-hybridized carbons (Fsp3) is 0.769. The van der Waals surface area contributed by atoms with E-state index in [9.17, 15) is 24.6 Å². The number of β-amino-alcohol motifs (C(OH)–C–C–N with tert-alkyl or cyclic N) is 1. The van der Waals surface area contributed by atoms with Gasteiger partial charge in [-0.25, -0.2) is 9.59 Å². The summed E-state index contributed by atoms with van der Waals surface area (Å²) < 4.78 is 0. The number of hydrogen-bond donors (Lipinski definition) is 3. The van der Waals surface area contributed by atoms with E-state index < -0.39 is 18.1 Å². The van der Waals surface area contributed by atoms with Crippen LogP contribution in [0.25, 0.3) is 0 Å². The van der Waals surface area contributed by atoms with E-state index in [-0.39, 0.29) is 36.9 Å². The van der Waals surface area contributed by atoms with Crippen LogP contribution in [-0.4, -0.2) is 75.7 Å². The van der Waals surface area contributed by atoms with Gasteiger partial charge in [-0.15, -0.1) is 0 Å². The number of carbonyl (C=O) groups is 3. The molecule has 21 heavy (non-hydrogen) atoms. The summed E-state index contributed by atoms with van der Waals surface area (Å²) in [5.41, 5.74) is 0. The lowest BCUT2D eigenvalue weighted by atomic mass is 9.92. The number of likely N-dealkylation sites (tertiary alicyclic amines) is 2. The number of nitrogens with one attached hydrogen (secondary N) is 1. The molecule has 0 aliphatic carbocycles. The highest BCUT2D eigenvalue weighted by Gasteiger charge is 2.47. The lowest BCUT2D eigenvalue weighted by molar-refractivity contribution is -0.141. The Kier molecular flexibility index (Phi) is 3.48. The van der Waals surface area contributed by atoms with E-state index in [0.29, 0.717) is 13.1 Å². The van der Waals surface area contributed by atoms with E-state index in [4.69, 9.17) is 0 Å². The fourth-order valence-corrected chi connectivity index (χ4v) is 3.61. The van der Waals surface area contributed by atoms with E-state index in [1.807, 2.05) is 0 Å². The van der Waals surface area contributed by atoms with Gasteiger partial charge in [-0.2, -0.15) is 0 Å². The van der Waals surface area contributed by atoms with Gasteiger partial charge in [-0.3, -0.25) is 4.79 Å². The van der Waals surface area contributed by atoms with Gasteiger partial charge >= 0.3 is 12.0 Å². The molecule has 0 aromatic heterocycles. The maximum atomic E-state index is 12.6. The predicted molar refractivity (Wildman–Crippen MR) is 70.4 cm³/mol. The topological polar surface area (TPSA) is 110 Å². The molecule has 3 heterocycles. The summed E-state index contributed by atoms with van der Waals surface area (Å²) in [5, 5.41) is 21.6. The Bertz CT molecular complexity index is 482. The first-order valence-electron chi connectivity index (χ1n) is 7.25. The maximum absolute atomic E-state index is 12.6. The predicted octanol–water partition coefficient (Wildman–Crippen LogP) is -1.16. The van der Waals surface area contributed by atoms with Gasteiger partial charge in [-0.05, 0) is 12.8 Å². The van der Waals surface area contributed by atoms with Crippen LogP contribution in [0.3, 0.4) is 0 Å². The van der Waals surface area contributed by atoms with Gasteiger partial charge in [0.25, 0.3) is 0 Å². The van der Waals surface area contributed by atoms with Crippen LogP contribution in [0.15, 0.2) is 0 Å². The number of nitrogens with zero attached hydrogens (tertiary/aromatic N) is 2. The molecule has 3 fully saturated rings. The molecule has 8 heteroatoms. The third-order valence-corrected chi connectivity index (χ3v) is 4.66. The zero-order valence-electron chi connectivity index (χ0n) is 11.6. The smallest absolute Gasteiger partial charge is 0.326 e. The molecule has 0 saturated carbocycles. The van der Waals surface area contributed by atoms with Crippen molar-refractivity contribution in [3.63, 3.8) is 0 Å². The van der Waals surface area contributed by atoms with Gasteiger partial charge in [-0.1, -0.05) is 0 Å². The van der Waals surface area contributed by atoms with Crippen molar-refractivity contribution in [3.8, 4) is 0 Å². The number of aliphatic carboxylic acids is 1. The fourth-order valence-electron chi connectivity index (χ4n) is 3.61. The molecule has 3 aliphatic rings. The average Bonchev–Trinajstić information content (AvgIpc) is 3.02. The number of aliphatic hydroxyl groups is 1. The highest BCUT2D eigenvalue weighted by atomic mass is 16.4. The van der Waals surface area contributed by atoms with E-state index in [1.165, 1.54) is 4.90 Å². The molecule has 4 atom stereocenters. The molecule has 3 rings (SSSR count). The second-order valence-electron chi connectivity index (χ2n) is 5.93. The number of carboxylic acids is 1. The summed E-state index contributed by atoms with van der Waals surface area (Å²) in [4.78, 5) is 38.4. The molecule has 0 aromatic carbocycles. The third-order valence-electron chi connectivity index (χ3n) is 4.66. The SMILES string of the molecule is O=C1NCC2C1CCCN2C(=O)N1CC(O)CC1C(=O)O. The Morgan fingerprint density at radius 3 is 2.76 bits per heavy atom. The summed E-state index contributed by atoms with van der Waals surface area (Å²) in [6.45, 7) is 0.975. The van der Waals surface area contributed by atoms with E-state index in [0.717, 1.165) is 12.8 Å². The molecule has 0 spiro atoms. The Labute approximate surface area is 121 Å². The molecular weight excluding hydrogens is 278 g/mol. The molecule has 3 amide bonds. The van der Waals surface area contributed by atoms with E-state index in [1.54, 1.807) is 4.90 Å². The number of rotatable bonds is 1. The summed E-state index contributed by atoms with van der Waals surface area (Å²) in [5.74, 6) is -1.33.